The summed E-state index contributed by atoms with van der Waals surface area (Å²) in [6.45, 7) is 1.72. The normalized spacial score (nSPS) is 11.8. The van der Waals surface area contributed by atoms with E-state index in [1.54, 1.807) is 25.1 Å². The van der Waals surface area contributed by atoms with Gasteiger partial charge in [-0.2, -0.15) is 0 Å². The van der Waals surface area contributed by atoms with E-state index < -0.39 is 11.0 Å². The third kappa shape index (κ3) is 2.94. The summed E-state index contributed by atoms with van der Waals surface area (Å²) in [5, 5.41) is 20.9. The van der Waals surface area contributed by atoms with Gasteiger partial charge in [0.1, 0.15) is 6.61 Å². The third-order valence-corrected chi connectivity index (χ3v) is 2.66. The summed E-state index contributed by atoms with van der Waals surface area (Å²) in [4.78, 5) is 22.0. The summed E-state index contributed by atoms with van der Waals surface area (Å²) in [6.07, 6.45) is 0.373. The number of nitro benzene ring substituents is 1. The van der Waals surface area contributed by atoms with Gasteiger partial charge in [-0.05, 0) is 10.4 Å². The number of aromatic nitrogens is 4. The van der Waals surface area contributed by atoms with Crippen molar-refractivity contribution in [1.29, 1.82) is 0 Å². The molecule has 0 amide bonds. The Bertz CT molecular complexity index is 613. The molecule has 1 atom stereocenters. The van der Waals surface area contributed by atoms with Crippen LogP contribution in [0.25, 0.3) is 0 Å². The molecular formula is C11H11N5O4. The lowest BCUT2D eigenvalue weighted by Gasteiger charge is -2.12. The Kier molecular flexibility index (Phi) is 3.99. The zero-order valence-electron chi connectivity index (χ0n) is 10.5. The lowest BCUT2D eigenvalue weighted by molar-refractivity contribution is -0.385. The number of carbonyl (C=O) groups is 1. The second-order valence-corrected chi connectivity index (χ2v) is 4.05. The zero-order valence-corrected chi connectivity index (χ0v) is 10.5. The molecule has 1 heterocycles. The molecular weight excluding hydrogens is 266 g/mol. The highest BCUT2D eigenvalue weighted by atomic mass is 16.6. The largest absolute Gasteiger partial charge is 0.447 e. The average Bonchev–Trinajstić information content (AvgIpc) is 2.98. The molecule has 0 N–H and O–H groups in total. The predicted octanol–water partition coefficient (Wildman–Crippen LogP) is 1.37. The van der Waals surface area contributed by atoms with Crippen LogP contribution in [0, 0.1) is 10.1 Å². The lowest BCUT2D eigenvalue weighted by Crippen LogP contribution is -2.18. The van der Waals surface area contributed by atoms with Gasteiger partial charge in [-0.1, -0.05) is 25.1 Å². The molecule has 0 saturated heterocycles. The summed E-state index contributed by atoms with van der Waals surface area (Å²) in [6, 6.07) is 6.33. The topological polar surface area (TPSA) is 113 Å². The predicted molar refractivity (Wildman–Crippen MR) is 66.1 cm³/mol. The zero-order chi connectivity index (χ0) is 14.5. The quantitative estimate of drug-likeness (QED) is 0.471. The summed E-state index contributed by atoms with van der Waals surface area (Å²) in [5.41, 5.74) is 0.500. The van der Waals surface area contributed by atoms with Gasteiger partial charge in [0.25, 0.3) is 5.69 Å². The Morgan fingerprint density at radius 3 is 2.90 bits per heavy atom. The van der Waals surface area contributed by atoms with Gasteiger partial charge in [0.15, 0.2) is 6.33 Å². The highest BCUT2D eigenvalue weighted by Crippen LogP contribution is 2.26. The molecule has 0 radical (unpaired) electrons. The molecule has 0 aliphatic heterocycles. The number of ether oxygens (including phenoxy) is 1. The van der Waals surface area contributed by atoms with E-state index in [4.69, 9.17) is 4.74 Å². The average molecular weight is 277 g/mol. The number of benzene rings is 1. The van der Waals surface area contributed by atoms with Crippen LogP contribution < -0.4 is 0 Å². The van der Waals surface area contributed by atoms with Crippen molar-refractivity contribution in [2.75, 3.05) is 6.61 Å². The van der Waals surface area contributed by atoms with Crippen LogP contribution in [0.5, 0.6) is 0 Å². The molecule has 1 aromatic carbocycles. The van der Waals surface area contributed by atoms with Gasteiger partial charge in [-0.15, -0.1) is 9.78 Å². The maximum atomic E-state index is 11.5. The SMILES string of the molecule is CC(COC(=O)n1cnnn1)c1ccccc1[N+](=O)[O-]. The number of nitro groups is 1. The molecule has 1 unspecified atom stereocenters. The second kappa shape index (κ2) is 5.87. The van der Waals surface area contributed by atoms with Crippen molar-refractivity contribution in [3.05, 3.63) is 46.3 Å². The maximum absolute atomic E-state index is 11.5. The lowest BCUT2D eigenvalue weighted by atomic mass is 10.0. The number of rotatable bonds is 4. The first-order valence-corrected chi connectivity index (χ1v) is 5.73. The molecule has 1 aromatic heterocycles. The minimum Gasteiger partial charge on any atom is -0.447 e. The van der Waals surface area contributed by atoms with Crippen molar-refractivity contribution in [2.45, 2.75) is 12.8 Å². The van der Waals surface area contributed by atoms with Gasteiger partial charge in [0.2, 0.25) is 0 Å². The first-order valence-electron chi connectivity index (χ1n) is 5.73. The van der Waals surface area contributed by atoms with Crippen molar-refractivity contribution in [2.24, 2.45) is 0 Å². The van der Waals surface area contributed by atoms with E-state index in [1.807, 2.05) is 0 Å². The fourth-order valence-electron chi connectivity index (χ4n) is 1.67. The van der Waals surface area contributed by atoms with Crippen LogP contribution in [0.15, 0.2) is 30.6 Å². The number of hydrogen-bond donors (Lipinski definition) is 0. The van der Waals surface area contributed by atoms with Crippen molar-refractivity contribution in [3.63, 3.8) is 0 Å². The molecule has 9 nitrogen and oxygen atoms in total. The van der Waals surface area contributed by atoms with Gasteiger partial charge < -0.3 is 4.74 Å². The highest BCUT2D eigenvalue weighted by Gasteiger charge is 2.19. The number of hydrogen-bond acceptors (Lipinski definition) is 7. The van der Waals surface area contributed by atoms with Crippen LogP contribution in [0.1, 0.15) is 18.4 Å². The van der Waals surface area contributed by atoms with Gasteiger partial charge in [0.05, 0.1) is 4.92 Å². The Labute approximate surface area is 113 Å². The van der Waals surface area contributed by atoms with Crippen LogP contribution in [0.2, 0.25) is 0 Å². The molecule has 0 saturated carbocycles. The van der Waals surface area contributed by atoms with Crippen molar-refractivity contribution in [3.8, 4) is 0 Å². The van der Waals surface area contributed by atoms with E-state index in [1.165, 1.54) is 6.07 Å². The minimum atomic E-state index is -0.736. The molecule has 20 heavy (non-hydrogen) atoms. The van der Waals surface area contributed by atoms with Crippen molar-refractivity contribution in [1.82, 2.24) is 20.2 Å². The summed E-state index contributed by atoms with van der Waals surface area (Å²) in [7, 11) is 0. The fraction of sp³-hybridized carbons (Fsp3) is 0.273. The third-order valence-electron chi connectivity index (χ3n) is 2.66. The van der Waals surface area contributed by atoms with Gasteiger partial charge in [-0.3, -0.25) is 10.1 Å². The molecule has 0 bridgehead atoms. The Morgan fingerprint density at radius 1 is 1.50 bits per heavy atom. The highest BCUT2D eigenvalue weighted by molar-refractivity contribution is 5.68. The molecule has 0 fully saturated rings. The van der Waals surface area contributed by atoms with Crippen molar-refractivity contribution < 1.29 is 14.5 Å². The Morgan fingerprint density at radius 2 is 2.25 bits per heavy atom. The van der Waals surface area contributed by atoms with Crippen LogP contribution in [-0.4, -0.2) is 37.8 Å². The number of tetrazole rings is 1. The monoisotopic (exact) mass is 277 g/mol. The standard InChI is InChI=1S/C11H11N5O4/c1-8(6-20-11(17)15-7-12-13-14-15)9-4-2-3-5-10(9)16(18)19/h2-5,7-8H,6H2,1H3. The maximum Gasteiger partial charge on any atom is 0.437 e. The van der Waals surface area contributed by atoms with Crippen LogP contribution in [0.4, 0.5) is 10.5 Å². The van der Waals surface area contributed by atoms with E-state index >= 15 is 0 Å². The van der Waals surface area contributed by atoms with Crippen LogP contribution >= 0.6 is 0 Å². The summed E-state index contributed by atoms with van der Waals surface area (Å²) >= 11 is 0. The number of nitrogens with zero attached hydrogens (tertiary/aromatic N) is 5. The molecule has 9 heteroatoms. The summed E-state index contributed by atoms with van der Waals surface area (Å²) < 4.78 is 5.84. The smallest absolute Gasteiger partial charge is 0.437 e. The Balaban J connectivity index is 2.04. The van der Waals surface area contributed by atoms with E-state index in [0.29, 0.717) is 5.56 Å². The minimum absolute atomic E-state index is 0.00142. The molecule has 0 spiro atoms. The van der Waals surface area contributed by atoms with Crippen LogP contribution in [0.3, 0.4) is 0 Å². The van der Waals surface area contributed by atoms with E-state index in [-0.39, 0.29) is 18.2 Å². The molecule has 0 aliphatic carbocycles. The van der Waals surface area contributed by atoms with Crippen LogP contribution in [-0.2, 0) is 4.74 Å². The van der Waals surface area contributed by atoms with E-state index in [0.717, 1.165) is 11.0 Å². The van der Waals surface area contributed by atoms with E-state index in [9.17, 15) is 14.9 Å². The summed E-state index contributed by atoms with van der Waals surface area (Å²) in [5.74, 6) is -0.322. The van der Waals surface area contributed by atoms with Gasteiger partial charge in [-0.25, -0.2) is 4.79 Å². The fourth-order valence-corrected chi connectivity index (χ4v) is 1.67. The first-order chi connectivity index (χ1) is 9.59. The first kappa shape index (κ1) is 13.6. The van der Waals surface area contributed by atoms with E-state index in [2.05, 4.69) is 15.5 Å². The second-order valence-electron chi connectivity index (χ2n) is 4.05. The van der Waals surface area contributed by atoms with Gasteiger partial charge >= 0.3 is 6.09 Å². The number of carbonyl (C=O) groups excluding carboxylic acids is 1. The molecule has 0 aliphatic rings. The Hall–Kier alpha value is -2.84. The van der Waals surface area contributed by atoms with Gasteiger partial charge in [0, 0.05) is 17.5 Å². The molecule has 2 rings (SSSR count). The van der Waals surface area contributed by atoms with Crippen molar-refractivity contribution >= 4 is 11.8 Å². The molecule has 104 valence electrons. The number of para-hydroxylation sites is 1. The molecule has 2 aromatic rings.